The maximum atomic E-state index is 11.8. The Morgan fingerprint density at radius 2 is 2.11 bits per heavy atom. The third-order valence-corrected chi connectivity index (χ3v) is 2.65. The lowest BCUT2D eigenvalue weighted by atomic mass is 10.2. The van der Waals surface area contributed by atoms with Crippen molar-refractivity contribution in [2.75, 3.05) is 46.2 Å². The van der Waals surface area contributed by atoms with Crippen LogP contribution in [-0.4, -0.2) is 51.6 Å². The largest absolute Gasteiger partial charge is 0.495 e. The van der Waals surface area contributed by atoms with Crippen molar-refractivity contribution < 1.29 is 9.53 Å². The Morgan fingerprint density at radius 1 is 1.37 bits per heavy atom. The highest BCUT2D eigenvalue weighted by Crippen LogP contribution is 2.24. The van der Waals surface area contributed by atoms with Crippen LogP contribution >= 0.6 is 0 Å². The molecule has 106 valence electrons. The van der Waals surface area contributed by atoms with E-state index in [0.717, 1.165) is 18.7 Å². The number of ether oxygens (including phenoxy) is 1. The van der Waals surface area contributed by atoms with Crippen molar-refractivity contribution in [3.05, 3.63) is 23.8 Å². The summed E-state index contributed by atoms with van der Waals surface area (Å²) in [7, 11) is 5.59. The van der Waals surface area contributed by atoms with E-state index in [1.807, 2.05) is 39.2 Å². The van der Waals surface area contributed by atoms with Crippen molar-refractivity contribution in [3.8, 4) is 5.75 Å². The van der Waals surface area contributed by atoms with Crippen LogP contribution in [0.3, 0.4) is 0 Å². The van der Waals surface area contributed by atoms with Gasteiger partial charge in [-0.1, -0.05) is 6.07 Å². The molecule has 0 aliphatic heterocycles. The Morgan fingerprint density at radius 3 is 2.74 bits per heavy atom. The summed E-state index contributed by atoms with van der Waals surface area (Å²) < 4.78 is 5.22. The van der Waals surface area contributed by atoms with Crippen molar-refractivity contribution in [1.82, 2.24) is 10.2 Å². The number of rotatable bonds is 7. The molecule has 1 aromatic rings. The van der Waals surface area contributed by atoms with Gasteiger partial charge in [0.15, 0.2) is 0 Å². The van der Waals surface area contributed by atoms with E-state index in [1.54, 1.807) is 7.11 Å². The molecule has 0 aromatic heterocycles. The van der Waals surface area contributed by atoms with Gasteiger partial charge in [-0.2, -0.15) is 0 Å². The van der Waals surface area contributed by atoms with Crippen LogP contribution in [0.4, 0.5) is 5.69 Å². The number of nitrogens with zero attached hydrogens (tertiary/aromatic N) is 1. The number of carbonyl (C=O) groups excluding carboxylic acids is 1. The minimum absolute atomic E-state index is 0.0670. The molecule has 2 N–H and O–H groups in total. The molecule has 0 saturated heterocycles. The predicted octanol–water partition coefficient (Wildman–Crippen LogP) is 1.09. The molecule has 0 spiro atoms. The van der Waals surface area contributed by atoms with E-state index in [2.05, 4.69) is 15.5 Å². The summed E-state index contributed by atoms with van der Waals surface area (Å²) in [4.78, 5) is 13.9. The van der Waals surface area contributed by atoms with Crippen molar-refractivity contribution in [3.63, 3.8) is 0 Å². The van der Waals surface area contributed by atoms with E-state index in [1.165, 1.54) is 0 Å². The smallest absolute Gasteiger partial charge is 0.238 e. The molecule has 0 atom stereocenters. The van der Waals surface area contributed by atoms with Crippen LogP contribution in [0.15, 0.2) is 18.2 Å². The number of likely N-dealkylation sites (N-methyl/N-ethyl adjacent to an activating group) is 1. The van der Waals surface area contributed by atoms with Gasteiger partial charge in [-0.15, -0.1) is 0 Å². The zero-order chi connectivity index (χ0) is 14.3. The second-order valence-corrected chi connectivity index (χ2v) is 4.73. The molecule has 5 nitrogen and oxygen atoms in total. The maximum absolute atomic E-state index is 11.8. The Hall–Kier alpha value is -1.59. The van der Waals surface area contributed by atoms with Gasteiger partial charge in [-0.25, -0.2) is 0 Å². The maximum Gasteiger partial charge on any atom is 0.238 e. The van der Waals surface area contributed by atoms with Crippen LogP contribution in [0.1, 0.15) is 5.56 Å². The normalized spacial score (nSPS) is 10.6. The van der Waals surface area contributed by atoms with Crippen LogP contribution in [0.5, 0.6) is 5.75 Å². The Kier molecular flexibility index (Phi) is 6.32. The fourth-order valence-electron chi connectivity index (χ4n) is 1.62. The molecule has 1 amide bonds. The minimum Gasteiger partial charge on any atom is -0.495 e. The van der Waals surface area contributed by atoms with Gasteiger partial charge in [0, 0.05) is 13.1 Å². The highest BCUT2D eigenvalue weighted by Gasteiger charge is 2.07. The monoisotopic (exact) mass is 265 g/mol. The summed E-state index contributed by atoms with van der Waals surface area (Å²) >= 11 is 0. The van der Waals surface area contributed by atoms with Crippen molar-refractivity contribution in [2.45, 2.75) is 6.92 Å². The first-order chi connectivity index (χ1) is 9.02. The van der Waals surface area contributed by atoms with Crippen LogP contribution in [0, 0.1) is 6.92 Å². The van der Waals surface area contributed by atoms with Gasteiger partial charge in [-0.3, -0.25) is 4.79 Å². The topological polar surface area (TPSA) is 53.6 Å². The fraction of sp³-hybridized carbons (Fsp3) is 0.500. The summed E-state index contributed by atoms with van der Waals surface area (Å²) in [6.07, 6.45) is 0. The van der Waals surface area contributed by atoms with E-state index in [0.29, 0.717) is 18.0 Å². The number of anilines is 1. The number of carbonyl (C=O) groups is 1. The lowest BCUT2D eigenvalue weighted by Crippen LogP contribution is -2.33. The number of hydrogen-bond acceptors (Lipinski definition) is 4. The molecule has 1 aromatic carbocycles. The minimum atomic E-state index is -0.0670. The number of nitrogens with one attached hydrogen (secondary N) is 2. The van der Waals surface area contributed by atoms with Gasteiger partial charge in [0.2, 0.25) is 5.91 Å². The van der Waals surface area contributed by atoms with Gasteiger partial charge in [0.1, 0.15) is 5.75 Å². The highest BCUT2D eigenvalue weighted by molar-refractivity contribution is 5.93. The lowest BCUT2D eigenvalue weighted by Gasteiger charge is -2.12. The first-order valence-electron chi connectivity index (χ1n) is 6.33. The summed E-state index contributed by atoms with van der Waals surface area (Å²) in [5.74, 6) is 0.606. The molecule has 19 heavy (non-hydrogen) atoms. The number of hydrogen-bond donors (Lipinski definition) is 2. The molecule has 0 saturated carbocycles. The van der Waals surface area contributed by atoms with E-state index in [9.17, 15) is 4.79 Å². The average Bonchev–Trinajstić information content (AvgIpc) is 2.35. The molecular formula is C14H23N3O2. The van der Waals surface area contributed by atoms with Crippen LogP contribution in [-0.2, 0) is 4.79 Å². The number of amides is 1. The van der Waals surface area contributed by atoms with Crippen molar-refractivity contribution >= 4 is 11.6 Å². The Labute approximate surface area is 114 Å². The van der Waals surface area contributed by atoms with Gasteiger partial charge >= 0.3 is 0 Å². The molecular weight excluding hydrogens is 242 g/mol. The average molecular weight is 265 g/mol. The van der Waals surface area contributed by atoms with E-state index in [-0.39, 0.29) is 5.91 Å². The van der Waals surface area contributed by atoms with Gasteiger partial charge in [0.05, 0.1) is 19.3 Å². The molecule has 0 unspecified atom stereocenters. The Bertz CT molecular complexity index is 419. The van der Waals surface area contributed by atoms with Crippen LogP contribution in [0.2, 0.25) is 0 Å². The fourth-order valence-corrected chi connectivity index (χ4v) is 1.62. The van der Waals surface area contributed by atoms with Gasteiger partial charge < -0.3 is 20.3 Å². The molecule has 0 aliphatic carbocycles. The first kappa shape index (κ1) is 15.5. The van der Waals surface area contributed by atoms with E-state index < -0.39 is 0 Å². The van der Waals surface area contributed by atoms with Gasteiger partial charge in [0.25, 0.3) is 0 Å². The van der Waals surface area contributed by atoms with Gasteiger partial charge in [-0.05, 0) is 38.7 Å². The summed E-state index contributed by atoms with van der Waals surface area (Å²) in [6, 6.07) is 5.70. The van der Waals surface area contributed by atoms with Crippen molar-refractivity contribution in [1.29, 1.82) is 0 Å². The quantitative estimate of drug-likeness (QED) is 0.725. The highest BCUT2D eigenvalue weighted by atomic mass is 16.5. The number of methoxy groups -OCH3 is 1. The zero-order valence-electron chi connectivity index (χ0n) is 12.1. The van der Waals surface area contributed by atoms with Crippen molar-refractivity contribution in [2.24, 2.45) is 0 Å². The molecule has 0 radical (unpaired) electrons. The lowest BCUT2D eigenvalue weighted by molar-refractivity contribution is -0.115. The summed E-state index contributed by atoms with van der Waals surface area (Å²) in [6.45, 7) is 3.96. The molecule has 0 aliphatic rings. The SMILES string of the molecule is COc1ccc(C)cc1NC(=O)CNCCN(C)C. The van der Waals surface area contributed by atoms with Crippen LogP contribution < -0.4 is 15.4 Å². The summed E-state index contributed by atoms with van der Waals surface area (Å²) in [5, 5.41) is 5.94. The third-order valence-electron chi connectivity index (χ3n) is 2.65. The van der Waals surface area contributed by atoms with E-state index in [4.69, 9.17) is 4.74 Å². The molecule has 0 bridgehead atoms. The van der Waals surface area contributed by atoms with Crippen LogP contribution in [0.25, 0.3) is 0 Å². The third kappa shape index (κ3) is 5.72. The second-order valence-electron chi connectivity index (χ2n) is 4.73. The number of aryl methyl sites for hydroxylation is 1. The summed E-state index contributed by atoms with van der Waals surface area (Å²) in [5.41, 5.74) is 1.79. The molecule has 1 rings (SSSR count). The standard InChI is InChI=1S/C14H23N3O2/c1-11-5-6-13(19-4)12(9-11)16-14(18)10-15-7-8-17(2)3/h5-6,9,15H,7-8,10H2,1-4H3,(H,16,18). The first-order valence-corrected chi connectivity index (χ1v) is 6.33. The predicted molar refractivity (Wildman–Crippen MR) is 77.8 cm³/mol. The number of benzene rings is 1. The zero-order valence-corrected chi connectivity index (χ0v) is 12.1. The molecule has 0 fully saturated rings. The molecule has 5 heteroatoms. The molecule has 0 heterocycles. The Balaban J connectivity index is 2.45. The van der Waals surface area contributed by atoms with E-state index >= 15 is 0 Å². The second kappa shape index (κ2) is 7.76.